The lowest BCUT2D eigenvalue weighted by molar-refractivity contribution is -0.0563. The number of rotatable bonds is 44. The fourth-order valence-corrected chi connectivity index (χ4v) is 9.33. The monoisotopic (exact) mass is 910 g/mol. The van der Waals surface area contributed by atoms with Gasteiger partial charge >= 0.3 is 7.82 Å². The molecule has 3 rings (SSSR count). The smallest absolute Gasteiger partial charge is 0.388 e. The topological polar surface area (TPSA) is 173 Å². The first-order valence-corrected chi connectivity index (χ1v) is 27.4. The number of nitrogens with zero attached hydrogens (tertiary/aromatic N) is 4. The zero-order chi connectivity index (χ0) is 45.1. The Balaban J connectivity index is 1.28. The number of hydrogen-bond acceptors (Lipinski definition) is 11. The minimum Gasteiger partial charge on any atom is -0.388 e. The van der Waals surface area contributed by atoms with Crippen LogP contribution in [-0.2, 0) is 27.8 Å². The lowest BCUT2D eigenvalue weighted by Crippen LogP contribution is -2.26. The van der Waals surface area contributed by atoms with E-state index in [-0.39, 0.29) is 32.1 Å². The quantitative estimate of drug-likeness (QED) is 0.0425. The molecule has 2 aromatic heterocycles. The molecule has 13 nitrogen and oxygen atoms in total. The van der Waals surface area contributed by atoms with Gasteiger partial charge in [0.05, 0.1) is 32.3 Å². The van der Waals surface area contributed by atoms with E-state index in [0.29, 0.717) is 24.4 Å². The third-order valence-corrected chi connectivity index (χ3v) is 13.4. The zero-order valence-electron chi connectivity index (χ0n) is 40.0. The highest BCUT2D eigenvalue weighted by atomic mass is 31.2. The predicted molar refractivity (Wildman–Crippen MR) is 256 cm³/mol. The van der Waals surface area contributed by atoms with Crippen LogP contribution in [0.2, 0.25) is 0 Å². The minimum absolute atomic E-state index is 0.134. The summed E-state index contributed by atoms with van der Waals surface area (Å²) in [7, 11) is -4.45. The van der Waals surface area contributed by atoms with Crippen molar-refractivity contribution in [1.29, 1.82) is 0 Å². The third-order valence-electron chi connectivity index (χ3n) is 12.5. The number of imidazole rings is 1. The van der Waals surface area contributed by atoms with Crippen LogP contribution in [0.4, 0.5) is 5.82 Å². The van der Waals surface area contributed by atoms with Crippen LogP contribution in [0.25, 0.3) is 11.2 Å². The molecule has 0 aliphatic carbocycles. The highest BCUT2D eigenvalue weighted by Crippen LogP contribution is 2.44. The van der Waals surface area contributed by atoms with Crippen molar-refractivity contribution in [2.45, 2.75) is 250 Å². The summed E-state index contributed by atoms with van der Waals surface area (Å²) in [5.41, 5.74) is 6.74. The van der Waals surface area contributed by atoms with Crippen LogP contribution in [0.5, 0.6) is 0 Å². The van der Waals surface area contributed by atoms with Gasteiger partial charge in [-0.15, -0.1) is 0 Å². The molecule has 1 fully saturated rings. The van der Waals surface area contributed by atoms with Gasteiger partial charge in [0.1, 0.15) is 24.1 Å². The van der Waals surface area contributed by atoms with E-state index in [2.05, 4.69) is 28.8 Å². The van der Waals surface area contributed by atoms with Crippen LogP contribution in [-0.4, -0.2) is 80.9 Å². The number of nitrogens with two attached hydrogens (primary N) is 1. The number of anilines is 1. The highest BCUT2D eigenvalue weighted by molar-refractivity contribution is 7.47. The van der Waals surface area contributed by atoms with Gasteiger partial charge in [-0.05, 0) is 12.8 Å². The van der Waals surface area contributed by atoms with Crippen LogP contribution in [0.3, 0.4) is 0 Å². The lowest BCUT2D eigenvalue weighted by atomic mass is 10.0. The Morgan fingerprint density at radius 3 is 1.62 bits per heavy atom. The first kappa shape index (κ1) is 55.6. The molecular weight excluding hydrogens is 818 g/mol. The molecule has 1 unspecified atom stereocenters. The second-order valence-corrected chi connectivity index (χ2v) is 19.7. The van der Waals surface area contributed by atoms with Crippen molar-refractivity contribution in [1.82, 2.24) is 19.5 Å². The Morgan fingerprint density at radius 1 is 0.667 bits per heavy atom. The van der Waals surface area contributed by atoms with Gasteiger partial charge < -0.3 is 29.9 Å². The SMILES string of the molecule is CCCCCCCCCCCCCCCCCCOC[C@@H](COP(=O)(O)OC[C@@H]1C[C@@H](O)[C@H](n2cnc3c(N)ncnc32)O1)OCCCCCCCCCCCCCCCCCC. The molecular formula is C49H92N5O8P. The normalized spacial score (nSPS) is 18.1. The number of phosphoric ester groups is 1. The number of aliphatic hydroxyl groups excluding tert-OH is 1. The van der Waals surface area contributed by atoms with E-state index >= 15 is 0 Å². The Bertz CT molecular complexity index is 1420. The number of ether oxygens (including phenoxy) is 3. The van der Waals surface area contributed by atoms with Crippen molar-refractivity contribution in [3.8, 4) is 0 Å². The number of fused-ring (bicyclic) bond motifs is 1. The Kier molecular flexibility index (Phi) is 32.2. The molecule has 1 aliphatic heterocycles. The maximum atomic E-state index is 13.0. The highest BCUT2D eigenvalue weighted by Gasteiger charge is 2.38. The van der Waals surface area contributed by atoms with Crippen molar-refractivity contribution >= 4 is 24.8 Å². The van der Waals surface area contributed by atoms with E-state index < -0.39 is 32.4 Å². The number of unbranched alkanes of at least 4 members (excludes halogenated alkanes) is 30. The molecule has 366 valence electrons. The number of hydrogen-bond donors (Lipinski definition) is 3. The van der Waals surface area contributed by atoms with Crippen LogP contribution >= 0.6 is 7.82 Å². The molecule has 0 spiro atoms. The van der Waals surface area contributed by atoms with Crippen molar-refractivity contribution < 1.29 is 37.8 Å². The van der Waals surface area contributed by atoms with Crippen molar-refractivity contribution in [3.05, 3.63) is 12.7 Å². The molecule has 4 N–H and O–H groups in total. The summed E-state index contributed by atoms with van der Waals surface area (Å²) in [6.07, 6.45) is 42.2. The summed E-state index contributed by atoms with van der Waals surface area (Å²) in [6, 6.07) is 0. The number of phosphoric acid groups is 1. The van der Waals surface area contributed by atoms with Crippen LogP contribution in [0.1, 0.15) is 232 Å². The summed E-state index contributed by atoms with van der Waals surface area (Å²) < 4.78 is 43.5. The van der Waals surface area contributed by atoms with Gasteiger partial charge in [-0.25, -0.2) is 19.5 Å². The van der Waals surface area contributed by atoms with E-state index in [9.17, 15) is 14.6 Å². The number of aliphatic hydroxyl groups is 1. The molecule has 0 saturated carbocycles. The predicted octanol–water partition coefficient (Wildman–Crippen LogP) is 13.1. The zero-order valence-corrected chi connectivity index (χ0v) is 40.9. The van der Waals surface area contributed by atoms with Gasteiger partial charge in [0.15, 0.2) is 17.7 Å². The van der Waals surface area contributed by atoms with E-state index in [4.69, 9.17) is 29.0 Å². The first-order chi connectivity index (χ1) is 30.8. The number of nitrogen functional groups attached to an aromatic ring is 1. The van der Waals surface area contributed by atoms with Crippen molar-refractivity contribution in [2.75, 3.05) is 38.8 Å². The van der Waals surface area contributed by atoms with Gasteiger partial charge in [-0.2, -0.15) is 0 Å². The summed E-state index contributed by atoms with van der Waals surface area (Å²) in [4.78, 5) is 23.0. The van der Waals surface area contributed by atoms with Crippen LogP contribution < -0.4 is 5.73 Å². The van der Waals surface area contributed by atoms with E-state index in [1.165, 1.54) is 192 Å². The fraction of sp³-hybridized carbons (Fsp3) is 0.898. The Morgan fingerprint density at radius 2 is 1.13 bits per heavy atom. The minimum atomic E-state index is -4.45. The van der Waals surface area contributed by atoms with E-state index in [0.717, 1.165) is 25.7 Å². The second kappa shape index (κ2) is 36.4. The van der Waals surface area contributed by atoms with Crippen LogP contribution in [0.15, 0.2) is 12.7 Å². The molecule has 1 aliphatic rings. The van der Waals surface area contributed by atoms with E-state index in [1.54, 1.807) is 4.57 Å². The fourth-order valence-electron chi connectivity index (χ4n) is 8.55. The maximum absolute atomic E-state index is 13.0. The molecule has 0 bridgehead atoms. The van der Waals surface area contributed by atoms with Crippen molar-refractivity contribution in [3.63, 3.8) is 0 Å². The second-order valence-electron chi connectivity index (χ2n) is 18.3. The molecule has 0 radical (unpaired) electrons. The van der Waals surface area contributed by atoms with Crippen molar-refractivity contribution in [2.24, 2.45) is 0 Å². The van der Waals surface area contributed by atoms with Gasteiger partial charge in [-0.1, -0.05) is 206 Å². The summed E-state index contributed by atoms with van der Waals surface area (Å²) in [5.74, 6) is 0.224. The van der Waals surface area contributed by atoms with Crippen LogP contribution in [0, 0.1) is 0 Å². The van der Waals surface area contributed by atoms with Gasteiger partial charge in [0.2, 0.25) is 0 Å². The number of aromatic nitrogens is 4. The molecule has 5 atom stereocenters. The Hall–Kier alpha value is -1.70. The molecule has 1 saturated heterocycles. The average Bonchev–Trinajstić information content (AvgIpc) is 3.88. The molecule has 0 aromatic carbocycles. The third kappa shape index (κ3) is 26.3. The molecule has 3 heterocycles. The lowest BCUT2D eigenvalue weighted by Gasteiger charge is -2.21. The summed E-state index contributed by atoms with van der Waals surface area (Å²) in [6.45, 7) is 5.62. The summed E-state index contributed by atoms with van der Waals surface area (Å²) >= 11 is 0. The van der Waals surface area contributed by atoms with Gasteiger partial charge in [0.25, 0.3) is 0 Å². The maximum Gasteiger partial charge on any atom is 0.472 e. The average molecular weight is 910 g/mol. The van der Waals surface area contributed by atoms with Gasteiger partial charge in [-0.3, -0.25) is 13.6 Å². The van der Waals surface area contributed by atoms with E-state index in [1.807, 2.05) is 0 Å². The largest absolute Gasteiger partial charge is 0.472 e. The molecule has 63 heavy (non-hydrogen) atoms. The Labute approximate surface area is 382 Å². The molecule has 0 amide bonds. The molecule has 2 aromatic rings. The van der Waals surface area contributed by atoms with Gasteiger partial charge in [0, 0.05) is 19.6 Å². The first-order valence-electron chi connectivity index (χ1n) is 25.9. The standard InChI is InChI=1S/C49H92N5O8P/c1-3-5-7-9-11-13-15-17-19-21-23-25-27-29-31-33-35-58-38-44(59-36-34-32-30-28-26-24-22-20-18-16-14-12-10-8-6-4-2)40-61-63(56,57)60-39-43-37-45(55)49(62-43)54-42-53-46-47(50)51-41-52-48(46)54/h41-45,49,55H,3-40H2,1-2H3,(H,56,57)(H2,50,51,52)/t43-,44-,45+,49+/m0/s1. The molecule has 14 heteroatoms. The summed E-state index contributed by atoms with van der Waals surface area (Å²) in [5, 5.41) is 10.8.